The van der Waals surface area contributed by atoms with Crippen molar-refractivity contribution in [3.8, 4) is 0 Å². The Kier molecular flexibility index (Phi) is 25.4. The van der Waals surface area contributed by atoms with Gasteiger partial charge in [-0.2, -0.15) is 0 Å². The monoisotopic (exact) mass is 1140 g/mol. The third kappa shape index (κ3) is 16.0. The third-order valence-corrected chi connectivity index (χ3v) is 18.9. The SMILES string of the molecule is CC(=O)NC1C(C)C(C)C(CN)O[C@H]1C(=O)NC[C@H]1OC(C(=O)NC[C@H]2O[C@@H](C(=O)NS)C(NC(C)=O)C(C)C2C)C(C)C(C)C1C.CC(=O)NC1C(C)C(C)[C@@H](CNC(=O)C2OC(CN)C(C)C(C)C2C)O[C@H]1C(=O)NS. The molecule has 5 saturated heterocycles. The van der Waals surface area contributed by atoms with Crippen LogP contribution in [0.3, 0.4) is 0 Å². The molecule has 0 aromatic heterocycles. The molecule has 5 fully saturated rings. The van der Waals surface area contributed by atoms with Crippen molar-refractivity contribution in [1.82, 2.24) is 41.3 Å². The van der Waals surface area contributed by atoms with Gasteiger partial charge in [0.2, 0.25) is 29.5 Å². The Bertz CT molecular complexity index is 2080. The smallest absolute Gasteiger partial charge is 0.260 e. The Hall–Kier alpha value is -3.82. The standard InChI is InChI=1S/C32H56N6O8S.C21H38N4O5S/c1-13-14(2)23(11-35-31(42)28-25(36-20(8)39)17(5)15(3)22(10-33)44-28)45-27(19(13)7)30(41)34-12-24-16(4)18(6)26(37-21(9)40)29(46-24)32(43)38-47;1-9-10(2)15(7-22)29-18(13(9)5)20(27)23-8-16-11(3)12(4)17(24-14(6)26)19(30-16)21(28)25-31/h13-19,22-29,47H,10-12,33H2,1-9H3,(H,34,41)(H,35,42)(H,36,39)(H,37,40)(H,38,43);9-13,15-19,31H,7-8,22H2,1-6H3,(H,23,27)(H,24,26)(H,25,28)/t13?,14?,15?,16?,17?,18?,19?,22?,23-,24-,25?,26?,27?,28-,29-;9?,10?,11?,12?,13?,15?,16-,17?,18?,19-/m11/s1. The molecule has 0 aromatic carbocycles. The van der Waals surface area contributed by atoms with Crippen LogP contribution in [0, 0.1) is 71.0 Å². The first-order valence-electron chi connectivity index (χ1n) is 27.8. The van der Waals surface area contributed by atoms with Gasteiger partial charge in [0, 0.05) is 53.5 Å². The summed E-state index contributed by atoms with van der Waals surface area (Å²) >= 11 is 7.73. The van der Waals surface area contributed by atoms with Crippen molar-refractivity contribution in [2.24, 2.45) is 82.5 Å². The summed E-state index contributed by atoms with van der Waals surface area (Å²) in [6.45, 7) is 29.5. The Labute approximate surface area is 472 Å². The fraction of sp³-hybridized carbons (Fsp3) is 0.849. The van der Waals surface area contributed by atoms with E-state index in [2.05, 4.69) is 87.7 Å². The van der Waals surface area contributed by atoms with Crippen LogP contribution in [0.15, 0.2) is 0 Å². The lowest BCUT2D eigenvalue weighted by atomic mass is 9.76. The minimum atomic E-state index is -0.979. The molecule has 8 amide bonds. The third-order valence-electron chi connectivity index (χ3n) is 18.5. The first kappa shape index (κ1) is 66.7. The van der Waals surface area contributed by atoms with Gasteiger partial charge in [-0.15, -0.1) is 0 Å². The summed E-state index contributed by atoms with van der Waals surface area (Å²) in [5, 5.41) is 17.4. The van der Waals surface area contributed by atoms with Gasteiger partial charge in [-0.1, -0.05) is 109 Å². The van der Waals surface area contributed by atoms with Gasteiger partial charge in [-0.25, -0.2) is 0 Å². The van der Waals surface area contributed by atoms with Crippen molar-refractivity contribution in [3.63, 3.8) is 0 Å². The van der Waals surface area contributed by atoms with Crippen LogP contribution in [0.2, 0.25) is 0 Å². The number of rotatable bonds is 16. The zero-order valence-corrected chi connectivity index (χ0v) is 50.1. The highest BCUT2D eigenvalue weighted by molar-refractivity contribution is 7.78. The average molecular weight is 1140 g/mol. The number of ether oxygens (including phenoxy) is 5. The minimum absolute atomic E-state index is 0.0125. The summed E-state index contributed by atoms with van der Waals surface area (Å²) in [5.41, 5.74) is 11.8. The van der Waals surface area contributed by atoms with Crippen LogP contribution in [0.5, 0.6) is 0 Å². The van der Waals surface area contributed by atoms with Gasteiger partial charge in [0.15, 0.2) is 18.3 Å². The predicted molar refractivity (Wildman–Crippen MR) is 297 cm³/mol. The lowest BCUT2D eigenvalue weighted by Gasteiger charge is -2.45. The molecule has 0 aromatic rings. The fourth-order valence-electron chi connectivity index (χ4n) is 11.9. The normalized spacial score (nSPS) is 40.5. The van der Waals surface area contributed by atoms with E-state index in [1.54, 1.807) is 0 Å². The molecule has 0 bridgehead atoms. The number of nitrogens with one attached hydrogen (secondary N) is 8. The van der Waals surface area contributed by atoms with Gasteiger partial charge < -0.3 is 76.5 Å². The molecule has 0 radical (unpaired) electrons. The maximum absolute atomic E-state index is 13.6. The molecule has 12 N–H and O–H groups in total. The lowest BCUT2D eigenvalue weighted by Crippen LogP contribution is -2.63. The summed E-state index contributed by atoms with van der Waals surface area (Å²) < 4.78 is 35.2. The van der Waals surface area contributed by atoms with Crippen LogP contribution in [0.4, 0.5) is 0 Å². The molecule has 5 aliphatic heterocycles. The van der Waals surface area contributed by atoms with Crippen molar-refractivity contribution in [2.45, 2.75) is 183 Å². The molecule has 5 heterocycles. The number of thiol groups is 2. The molecular formula is C53H94N10O13S2. The predicted octanol–water partition coefficient (Wildman–Crippen LogP) is 0.145. The first-order valence-corrected chi connectivity index (χ1v) is 28.7. The highest BCUT2D eigenvalue weighted by Crippen LogP contribution is 2.38. The molecule has 0 aliphatic carbocycles. The number of nitrogens with two attached hydrogens (primary N) is 2. The second-order valence-electron chi connectivity index (χ2n) is 23.1. The lowest BCUT2D eigenvalue weighted by molar-refractivity contribution is -0.169. The summed E-state index contributed by atoms with van der Waals surface area (Å²) in [6, 6.07) is -1.56. The number of carbonyl (C=O) groups is 8. The number of amides is 8. The summed E-state index contributed by atoms with van der Waals surface area (Å²) in [7, 11) is 0. The molecule has 78 heavy (non-hydrogen) atoms. The minimum Gasteiger partial charge on any atom is -0.363 e. The number of hydrogen-bond acceptors (Lipinski definition) is 17. The maximum Gasteiger partial charge on any atom is 0.260 e. The zero-order chi connectivity index (χ0) is 58.8. The van der Waals surface area contributed by atoms with Crippen molar-refractivity contribution < 1.29 is 62.0 Å². The molecule has 25 heteroatoms. The summed E-state index contributed by atoms with van der Waals surface area (Å²) in [4.78, 5) is 100. The van der Waals surface area contributed by atoms with Crippen molar-refractivity contribution in [2.75, 3.05) is 32.7 Å². The van der Waals surface area contributed by atoms with E-state index < -0.39 is 78.8 Å². The maximum atomic E-state index is 13.6. The van der Waals surface area contributed by atoms with Gasteiger partial charge >= 0.3 is 0 Å². The van der Waals surface area contributed by atoms with E-state index >= 15 is 0 Å². The van der Waals surface area contributed by atoms with E-state index in [1.807, 2.05) is 62.3 Å². The van der Waals surface area contributed by atoms with E-state index in [0.717, 1.165) is 0 Å². The van der Waals surface area contributed by atoms with Gasteiger partial charge in [0.25, 0.3) is 17.7 Å². The van der Waals surface area contributed by atoms with E-state index in [4.69, 9.17) is 35.2 Å². The van der Waals surface area contributed by atoms with Crippen LogP contribution < -0.4 is 52.8 Å². The molecule has 0 spiro atoms. The second kappa shape index (κ2) is 29.8. The van der Waals surface area contributed by atoms with Crippen LogP contribution in [-0.4, -0.2) is 159 Å². The Morgan fingerprint density at radius 2 is 0.564 bits per heavy atom. The van der Waals surface area contributed by atoms with E-state index in [-0.39, 0.29) is 139 Å². The molecular weight excluding hydrogens is 1050 g/mol. The molecule has 5 rings (SSSR count). The van der Waals surface area contributed by atoms with E-state index in [1.165, 1.54) is 20.8 Å². The summed E-state index contributed by atoms with van der Waals surface area (Å²) in [5.74, 6) is -2.26. The van der Waals surface area contributed by atoms with Gasteiger partial charge in [-0.3, -0.25) is 38.4 Å². The zero-order valence-electron chi connectivity index (χ0n) is 48.3. The summed E-state index contributed by atoms with van der Waals surface area (Å²) in [6.07, 6.45) is -6.03. The molecule has 19 unspecified atom stereocenters. The highest BCUT2D eigenvalue weighted by Gasteiger charge is 2.50. The second-order valence-corrected chi connectivity index (χ2v) is 23.6. The molecule has 446 valence electrons. The van der Waals surface area contributed by atoms with E-state index in [9.17, 15) is 38.4 Å². The van der Waals surface area contributed by atoms with Crippen LogP contribution in [0.1, 0.15) is 104 Å². The number of carbonyl (C=O) groups excluding carboxylic acids is 8. The number of hydrogen-bond donors (Lipinski definition) is 12. The topological polar surface area (TPSA) is 331 Å². The quantitative estimate of drug-likeness (QED) is 0.0916. The Balaban J connectivity index is 0.000000366. The van der Waals surface area contributed by atoms with Crippen LogP contribution in [0.25, 0.3) is 0 Å². The van der Waals surface area contributed by atoms with Gasteiger partial charge in [0.1, 0.15) is 12.2 Å². The Morgan fingerprint density at radius 3 is 0.859 bits per heavy atom. The van der Waals surface area contributed by atoms with E-state index in [0.29, 0.717) is 12.5 Å². The average Bonchev–Trinajstić information content (AvgIpc) is 3.47. The Morgan fingerprint density at radius 1 is 0.333 bits per heavy atom. The largest absolute Gasteiger partial charge is 0.363 e. The first-order chi connectivity index (χ1) is 36.6. The van der Waals surface area contributed by atoms with Crippen molar-refractivity contribution in [3.05, 3.63) is 0 Å². The van der Waals surface area contributed by atoms with Gasteiger partial charge in [-0.05, 0) is 71.0 Å². The molecule has 23 nitrogen and oxygen atoms in total. The molecule has 0 saturated carbocycles. The van der Waals surface area contributed by atoms with Gasteiger partial charge in [0.05, 0.1) is 48.6 Å². The van der Waals surface area contributed by atoms with Crippen molar-refractivity contribution in [1.29, 1.82) is 0 Å². The van der Waals surface area contributed by atoms with Crippen LogP contribution >= 0.6 is 25.6 Å². The van der Waals surface area contributed by atoms with Crippen molar-refractivity contribution >= 4 is 72.9 Å². The highest BCUT2D eigenvalue weighted by atomic mass is 32.1. The van der Waals surface area contributed by atoms with Crippen LogP contribution in [-0.2, 0) is 62.0 Å². The fourth-order valence-corrected chi connectivity index (χ4v) is 12.2. The molecule has 5 aliphatic rings. The molecule has 25 atom stereocenters.